The summed E-state index contributed by atoms with van der Waals surface area (Å²) in [7, 11) is 0. The summed E-state index contributed by atoms with van der Waals surface area (Å²) in [4.78, 5) is 0. The van der Waals surface area contributed by atoms with E-state index in [1.807, 2.05) is 0 Å². The molecule has 0 atom stereocenters. The zero-order chi connectivity index (χ0) is 0. The molecular weight excluding hydrogens is 727 g/mol. The molecule has 0 aromatic heterocycles. The maximum atomic E-state index is 0. The van der Waals surface area contributed by atoms with Crippen molar-refractivity contribution in [3.05, 3.63) is 0 Å². The zero-order valence-electron chi connectivity index (χ0n) is 3.04. The Balaban J connectivity index is 0. The Morgan fingerprint density at radius 2 is 0.222 bits per heavy atom. The zero-order valence-corrected chi connectivity index (χ0v) is 14.9. The first kappa shape index (κ1) is 79.8. The van der Waals surface area contributed by atoms with Crippen molar-refractivity contribution in [2.24, 2.45) is 0 Å². The SMILES string of the molecule is [Co].[Co].[Co].[Co].[Co].[Co].[Co].[Gd].[Gd]. The molecule has 9 heteroatoms. The third-order valence-electron chi connectivity index (χ3n) is 0. The van der Waals surface area contributed by atoms with E-state index in [4.69, 9.17) is 0 Å². The summed E-state index contributed by atoms with van der Waals surface area (Å²) in [5.41, 5.74) is 0. The molecule has 0 amide bonds. The van der Waals surface area contributed by atoms with Gasteiger partial charge in [0.2, 0.25) is 0 Å². The van der Waals surface area contributed by atoms with E-state index in [1.54, 1.807) is 0 Å². The third-order valence-corrected chi connectivity index (χ3v) is 0. The van der Waals surface area contributed by atoms with Crippen LogP contribution in [0.4, 0.5) is 0 Å². The molecule has 0 saturated carbocycles. The van der Waals surface area contributed by atoms with Crippen molar-refractivity contribution in [1.29, 1.82) is 0 Å². The molecule has 0 bridgehead atoms. The van der Waals surface area contributed by atoms with Crippen LogP contribution in [0.5, 0.6) is 0 Å². The summed E-state index contributed by atoms with van der Waals surface area (Å²) in [6.45, 7) is 0. The van der Waals surface area contributed by atoms with Gasteiger partial charge in [-0.15, -0.1) is 0 Å². The van der Waals surface area contributed by atoms with Crippen LogP contribution in [0.15, 0.2) is 0 Å². The molecule has 0 nitrogen and oxygen atoms in total. The summed E-state index contributed by atoms with van der Waals surface area (Å²) in [6, 6.07) is 0. The number of rotatable bonds is 0. The fourth-order valence-corrected chi connectivity index (χ4v) is 0. The van der Waals surface area contributed by atoms with Gasteiger partial charge in [0.25, 0.3) is 0 Å². The van der Waals surface area contributed by atoms with E-state index in [0.717, 1.165) is 0 Å². The molecule has 0 N–H and O–H groups in total. The Hall–Kier alpha value is 6.19. The van der Waals surface area contributed by atoms with Gasteiger partial charge in [-0.25, -0.2) is 0 Å². The van der Waals surface area contributed by atoms with Crippen LogP contribution in [-0.2, 0) is 117 Å². The summed E-state index contributed by atoms with van der Waals surface area (Å²) in [5, 5.41) is 0. The molecule has 9 heavy (non-hydrogen) atoms. The van der Waals surface area contributed by atoms with Crippen molar-refractivity contribution in [2.45, 2.75) is 0 Å². The Morgan fingerprint density at radius 3 is 0.222 bits per heavy atom. The predicted molar refractivity (Wildman–Crippen MR) is 0 cm³/mol. The van der Waals surface area contributed by atoms with Crippen LogP contribution >= 0.6 is 0 Å². The third kappa shape index (κ3) is 55.0. The van der Waals surface area contributed by atoms with E-state index in [2.05, 4.69) is 0 Å². The van der Waals surface area contributed by atoms with Crippen molar-refractivity contribution < 1.29 is 197 Å². The fraction of sp³-hybridized carbons (Fsp3) is 0. The summed E-state index contributed by atoms with van der Waals surface area (Å²) in [5.74, 6) is 0. The van der Waals surface area contributed by atoms with Gasteiger partial charge in [-0.05, 0) is 0 Å². The Kier molecular flexibility index (Phi) is 571. The Bertz CT molecular complexity index is 6.88. The molecule has 0 aliphatic heterocycles. The Morgan fingerprint density at radius 1 is 0.222 bits per heavy atom. The van der Waals surface area contributed by atoms with Crippen LogP contribution in [0.3, 0.4) is 0 Å². The molecule has 79 valence electrons. The minimum Gasteiger partial charge on any atom is 0 e. The molecule has 0 spiro atoms. The maximum absolute atomic E-state index is 0. The van der Waals surface area contributed by atoms with Gasteiger partial charge in [-0.3, -0.25) is 0 Å². The minimum atomic E-state index is 0. The smallest absolute Gasteiger partial charge is 0 e. The van der Waals surface area contributed by atoms with Gasteiger partial charge < -0.3 is 0 Å². The second kappa shape index (κ2) is 64.4. The number of hydrogen-bond acceptors (Lipinski definition) is 0. The van der Waals surface area contributed by atoms with E-state index in [0.29, 0.717) is 0 Å². The van der Waals surface area contributed by atoms with E-state index < -0.39 is 0 Å². The summed E-state index contributed by atoms with van der Waals surface area (Å²) >= 11 is 0. The second-order valence-corrected chi connectivity index (χ2v) is 0. The first-order chi connectivity index (χ1) is 0. The molecule has 0 aromatic rings. The van der Waals surface area contributed by atoms with Crippen molar-refractivity contribution in [1.82, 2.24) is 0 Å². The standard InChI is InChI=1S/7Co.2Gd. The molecule has 7 radical (unpaired) electrons. The normalized spacial score (nSPS) is 0. The molecule has 0 saturated heterocycles. The topological polar surface area (TPSA) is 0 Å². The van der Waals surface area contributed by atoms with Gasteiger partial charge in [-0.2, -0.15) is 0 Å². The van der Waals surface area contributed by atoms with Gasteiger partial charge in [0.05, 0.1) is 0 Å². The van der Waals surface area contributed by atoms with Gasteiger partial charge >= 0.3 is 0 Å². The minimum absolute atomic E-state index is 0. The first-order valence-corrected chi connectivity index (χ1v) is 0. The molecule has 0 heterocycles. The molecule has 0 aliphatic carbocycles. The average molecular weight is 727 g/mol. The molecule has 0 fully saturated rings. The van der Waals surface area contributed by atoms with Crippen LogP contribution in [-0.4, -0.2) is 0 Å². The van der Waals surface area contributed by atoms with Crippen LogP contribution in [0.2, 0.25) is 0 Å². The molecule has 0 aliphatic rings. The van der Waals surface area contributed by atoms with Crippen molar-refractivity contribution in [2.75, 3.05) is 0 Å². The summed E-state index contributed by atoms with van der Waals surface area (Å²) < 4.78 is 0. The summed E-state index contributed by atoms with van der Waals surface area (Å²) in [6.07, 6.45) is 0. The van der Waals surface area contributed by atoms with Crippen molar-refractivity contribution in [3.63, 3.8) is 0 Å². The fourth-order valence-electron chi connectivity index (χ4n) is 0. The van der Waals surface area contributed by atoms with Crippen LogP contribution in [0.1, 0.15) is 0 Å². The first-order valence-electron chi connectivity index (χ1n) is 0. The second-order valence-electron chi connectivity index (χ2n) is 0. The Labute approximate surface area is 192 Å². The molecular formula is Co7Gd2. The largest absolute Gasteiger partial charge is 0 e. The van der Waals surface area contributed by atoms with E-state index in [9.17, 15) is 0 Å². The molecule has 0 aromatic carbocycles. The van der Waals surface area contributed by atoms with Gasteiger partial charge in [0.1, 0.15) is 0 Å². The van der Waals surface area contributed by atoms with Gasteiger partial charge in [0, 0.05) is 197 Å². The van der Waals surface area contributed by atoms with Crippen LogP contribution in [0, 0.1) is 79.9 Å². The average Bonchev–Trinajstić information content (AvgIpc) is 0. The van der Waals surface area contributed by atoms with Crippen molar-refractivity contribution >= 4 is 0 Å². The van der Waals surface area contributed by atoms with Crippen LogP contribution < -0.4 is 0 Å². The maximum Gasteiger partial charge on any atom is 0 e. The van der Waals surface area contributed by atoms with Crippen LogP contribution in [0.25, 0.3) is 0 Å². The van der Waals surface area contributed by atoms with E-state index >= 15 is 0 Å². The predicted octanol–water partition coefficient (Wildman–Crippen LogP) is -0.0175. The molecule has 0 unspecified atom stereocenters. The number of hydrogen-bond donors (Lipinski definition) is 0. The van der Waals surface area contributed by atoms with Crippen molar-refractivity contribution in [3.8, 4) is 0 Å². The molecule has 0 rings (SSSR count). The van der Waals surface area contributed by atoms with Gasteiger partial charge in [0.15, 0.2) is 0 Å². The van der Waals surface area contributed by atoms with E-state index in [1.165, 1.54) is 0 Å². The van der Waals surface area contributed by atoms with E-state index in [-0.39, 0.29) is 197 Å². The quantitative estimate of drug-likeness (QED) is 0.330. The monoisotopic (exact) mass is 728 g/mol. The van der Waals surface area contributed by atoms with Gasteiger partial charge in [-0.1, -0.05) is 0 Å².